The molecule has 5 nitrogen and oxygen atoms in total. The number of benzene rings is 1. The van der Waals surface area contributed by atoms with E-state index in [1.807, 2.05) is 6.07 Å². The van der Waals surface area contributed by atoms with Crippen molar-refractivity contribution in [3.05, 3.63) is 47.8 Å². The third-order valence-corrected chi connectivity index (χ3v) is 3.46. The number of nitrogen functional groups attached to an aromatic ring is 1. The Morgan fingerprint density at radius 3 is 2.55 bits per heavy atom. The maximum atomic E-state index is 6.02. The van der Waals surface area contributed by atoms with Crippen LogP contribution in [0.2, 0.25) is 0 Å². The molecule has 0 radical (unpaired) electrons. The van der Waals surface area contributed by atoms with Gasteiger partial charge < -0.3 is 5.73 Å². The lowest BCUT2D eigenvalue weighted by Crippen LogP contribution is -1.91. The summed E-state index contributed by atoms with van der Waals surface area (Å²) >= 11 is 0. The van der Waals surface area contributed by atoms with Crippen molar-refractivity contribution in [1.82, 2.24) is 20.4 Å². The van der Waals surface area contributed by atoms with Gasteiger partial charge in [0, 0.05) is 5.56 Å². The molecule has 2 aromatic heterocycles. The number of hydrogen-bond acceptors (Lipinski definition) is 4. The van der Waals surface area contributed by atoms with Crippen LogP contribution < -0.4 is 5.73 Å². The zero-order chi connectivity index (χ0) is 14.1. The quantitative estimate of drug-likeness (QED) is 0.746. The molecule has 0 aliphatic carbocycles. The number of anilines is 1. The average molecular weight is 265 g/mol. The predicted octanol–water partition coefficient (Wildman–Crippen LogP) is 2.73. The fraction of sp³-hybridized carbons (Fsp3) is 0.133. The van der Waals surface area contributed by atoms with Crippen LogP contribution >= 0.6 is 0 Å². The molecule has 0 unspecified atom stereocenters. The van der Waals surface area contributed by atoms with Gasteiger partial charge in [-0.1, -0.05) is 18.2 Å². The Bertz CT molecular complexity index is 746. The van der Waals surface area contributed by atoms with Crippen molar-refractivity contribution in [2.75, 3.05) is 5.73 Å². The van der Waals surface area contributed by atoms with Gasteiger partial charge in [0.15, 0.2) is 5.82 Å². The van der Waals surface area contributed by atoms with Gasteiger partial charge in [0.25, 0.3) is 0 Å². The first-order valence-corrected chi connectivity index (χ1v) is 6.35. The standard InChI is InChI=1S/C15H15N5/c1-9-3-4-11(7-10(9)2)13-14(19-20-15(13)16)12-5-6-17-18-8-12/h3-8H,1-2H3,(H3,16,19,20). The van der Waals surface area contributed by atoms with Crippen molar-refractivity contribution in [2.45, 2.75) is 13.8 Å². The number of nitrogens with two attached hydrogens (primary N) is 1. The van der Waals surface area contributed by atoms with Crippen molar-refractivity contribution in [3.8, 4) is 22.4 Å². The minimum Gasteiger partial charge on any atom is -0.382 e. The highest BCUT2D eigenvalue weighted by atomic mass is 15.2. The number of rotatable bonds is 2. The van der Waals surface area contributed by atoms with E-state index in [0.717, 1.165) is 22.4 Å². The molecule has 0 aliphatic heterocycles. The number of H-pyrrole nitrogens is 1. The number of nitrogens with one attached hydrogen (secondary N) is 1. The maximum absolute atomic E-state index is 6.02. The van der Waals surface area contributed by atoms with Crippen LogP contribution in [0, 0.1) is 13.8 Å². The number of aromatic nitrogens is 4. The SMILES string of the molecule is Cc1ccc(-c2c(N)n[nH]c2-c2ccnnc2)cc1C. The Morgan fingerprint density at radius 2 is 1.85 bits per heavy atom. The lowest BCUT2D eigenvalue weighted by Gasteiger charge is -2.07. The van der Waals surface area contributed by atoms with Crippen molar-refractivity contribution in [2.24, 2.45) is 0 Å². The molecule has 0 bridgehead atoms. The van der Waals surface area contributed by atoms with E-state index in [9.17, 15) is 0 Å². The van der Waals surface area contributed by atoms with E-state index in [0.29, 0.717) is 5.82 Å². The minimum absolute atomic E-state index is 0.486. The molecule has 5 heteroatoms. The molecule has 0 spiro atoms. The highest BCUT2D eigenvalue weighted by Gasteiger charge is 2.15. The summed E-state index contributed by atoms with van der Waals surface area (Å²) in [6.07, 6.45) is 3.34. The Morgan fingerprint density at radius 1 is 1.00 bits per heavy atom. The van der Waals surface area contributed by atoms with Gasteiger partial charge in [-0.25, -0.2) is 0 Å². The van der Waals surface area contributed by atoms with Gasteiger partial charge in [0.1, 0.15) is 0 Å². The Balaban J connectivity index is 2.19. The van der Waals surface area contributed by atoms with Crippen LogP contribution in [0.15, 0.2) is 36.7 Å². The van der Waals surface area contributed by atoms with Crippen LogP contribution in [0.3, 0.4) is 0 Å². The van der Waals surface area contributed by atoms with Crippen LogP contribution in [-0.4, -0.2) is 20.4 Å². The Kier molecular flexibility index (Phi) is 2.95. The lowest BCUT2D eigenvalue weighted by atomic mass is 9.98. The van der Waals surface area contributed by atoms with Crippen LogP contribution in [-0.2, 0) is 0 Å². The smallest absolute Gasteiger partial charge is 0.153 e. The molecule has 0 saturated carbocycles. The summed E-state index contributed by atoms with van der Waals surface area (Å²) in [6, 6.07) is 8.15. The largest absolute Gasteiger partial charge is 0.382 e. The van der Waals surface area contributed by atoms with Gasteiger partial charge in [-0.05, 0) is 36.6 Å². The van der Waals surface area contributed by atoms with Gasteiger partial charge >= 0.3 is 0 Å². The molecule has 20 heavy (non-hydrogen) atoms. The van der Waals surface area contributed by atoms with E-state index in [-0.39, 0.29) is 0 Å². The summed E-state index contributed by atoms with van der Waals surface area (Å²) in [5, 5.41) is 14.8. The fourth-order valence-corrected chi connectivity index (χ4v) is 2.19. The van der Waals surface area contributed by atoms with Crippen LogP contribution in [0.25, 0.3) is 22.4 Å². The van der Waals surface area contributed by atoms with E-state index in [1.165, 1.54) is 11.1 Å². The molecule has 100 valence electrons. The molecule has 1 aromatic carbocycles. The van der Waals surface area contributed by atoms with E-state index >= 15 is 0 Å². The summed E-state index contributed by atoms with van der Waals surface area (Å²) in [4.78, 5) is 0. The number of nitrogens with zero attached hydrogens (tertiary/aromatic N) is 3. The number of hydrogen-bond donors (Lipinski definition) is 2. The van der Waals surface area contributed by atoms with Gasteiger partial charge in [0.05, 0.1) is 23.7 Å². The molecule has 0 atom stereocenters. The highest BCUT2D eigenvalue weighted by Crippen LogP contribution is 2.34. The second kappa shape index (κ2) is 4.77. The molecular weight excluding hydrogens is 250 g/mol. The van der Waals surface area contributed by atoms with Crippen molar-refractivity contribution in [3.63, 3.8) is 0 Å². The van der Waals surface area contributed by atoms with Gasteiger partial charge in [-0.2, -0.15) is 15.3 Å². The molecule has 0 fully saturated rings. The molecule has 3 rings (SSSR count). The topological polar surface area (TPSA) is 80.5 Å². The third-order valence-electron chi connectivity index (χ3n) is 3.46. The van der Waals surface area contributed by atoms with E-state index in [2.05, 4.69) is 52.4 Å². The second-order valence-corrected chi connectivity index (χ2v) is 4.79. The summed E-state index contributed by atoms with van der Waals surface area (Å²) in [7, 11) is 0. The molecule has 3 N–H and O–H groups in total. The van der Waals surface area contributed by atoms with E-state index in [4.69, 9.17) is 5.73 Å². The lowest BCUT2D eigenvalue weighted by molar-refractivity contribution is 1.03. The summed E-state index contributed by atoms with van der Waals surface area (Å²) in [5.74, 6) is 0.486. The second-order valence-electron chi connectivity index (χ2n) is 4.79. The van der Waals surface area contributed by atoms with Gasteiger partial charge in [-0.3, -0.25) is 5.10 Å². The van der Waals surface area contributed by atoms with Crippen LogP contribution in [0.1, 0.15) is 11.1 Å². The molecular formula is C15H15N5. The first-order chi connectivity index (χ1) is 9.66. The zero-order valence-electron chi connectivity index (χ0n) is 11.4. The Hall–Kier alpha value is -2.69. The minimum atomic E-state index is 0.486. The fourth-order valence-electron chi connectivity index (χ4n) is 2.19. The first-order valence-electron chi connectivity index (χ1n) is 6.35. The van der Waals surface area contributed by atoms with E-state index < -0.39 is 0 Å². The molecule has 2 heterocycles. The number of aryl methyl sites for hydroxylation is 2. The van der Waals surface area contributed by atoms with Gasteiger partial charge in [0.2, 0.25) is 0 Å². The average Bonchev–Trinajstić information content (AvgIpc) is 2.85. The highest BCUT2D eigenvalue weighted by molar-refractivity contribution is 5.87. The normalized spacial score (nSPS) is 10.7. The van der Waals surface area contributed by atoms with Crippen molar-refractivity contribution >= 4 is 5.82 Å². The van der Waals surface area contributed by atoms with Crippen LogP contribution in [0.4, 0.5) is 5.82 Å². The zero-order valence-corrected chi connectivity index (χ0v) is 11.4. The molecule has 0 saturated heterocycles. The third kappa shape index (κ3) is 2.03. The summed E-state index contributed by atoms with van der Waals surface area (Å²) in [5.41, 5.74) is 12.2. The summed E-state index contributed by atoms with van der Waals surface area (Å²) in [6.45, 7) is 4.17. The van der Waals surface area contributed by atoms with Gasteiger partial charge in [-0.15, -0.1) is 0 Å². The Labute approximate surface area is 116 Å². The molecule has 0 amide bonds. The van der Waals surface area contributed by atoms with Crippen LogP contribution in [0.5, 0.6) is 0 Å². The molecule has 3 aromatic rings. The molecule has 0 aliphatic rings. The number of aromatic amines is 1. The predicted molar refractivity (Wildman–Crippen MR) is 78.9 cm³/mol. The monoisotopic (exact) mass is 265 g/mol. The van der Waals surface area contributed by atoms with E-state index in [1.54, 1.807) is 12.4 Å². The maximum Gasteiger partial charge on any atom is 0.153 e. The van der Waals surface area contributed by atoms with Crippen molar-refractivity contribution < 1.29 is 0 Å². The first kappa shape index (κ1) is 12.3. The van der Waals surface area contributed by atoms with Crippen molar-refractivity contribution in [1.29, 1.82) is 0 Å². The summed E-state index contributed by atoms with van der Waals surface area (Å²) < 4.78 is 0.